The molecule has 0 saturated heterocycles. The van der Waals surface area contributed by atoms with E-state index in [0.29, 0.717) is 40.4 Å². The highest BCUT2D eigenvalue weighted by Gasteiger charge is 2.19. The molecule has 4 aromatic rings. The molecule has 0 bridgehead atoms. The summed E-state index contributed by atoms with van der Waals surface area (Å²) in [6.45, 7) is 1.89. The molecule has 3 aromatic carbocycles. The van der Waals surface area contributed by atoms with Crippen molar-refractivity contribution >= 4 is 22.7 Å². The van der Waals surface area contributed by atoms with Crippen molar-refractivity contribution < 1.29 is 18.3 Å². The van der Waals surface area contributed by atoms with Gasteiger partial charge < -0.3 is 14.5 Å². The van der Waals surface area contributed by atoms with E-state index >= 15 is 0 Å². The number of anilines is 1. The van der Waals surface area contributed by atoms with Crippen molar-refractivity contribution in [3.63, 3.8) is 0 Å². The molecule has 1 atom stereocenters. The second kappa shape index (κ2) is 8.14. The van der Waals surface area contributed by atoms with Gasteiger partial charge in [-0.25, -0.2) is 9.37 Å². The Bertz CT molecular complexity index is 1120. The van der Waals surface area contributed by atoms with Crippen LogP contribution in [0.15, 0.2) is 77.2 Å². The maximum Gasteiger partial charge on any atom is 0.265 e. The molecule has 29 heavy (non-hydrogen) atoms. The second-order valence-corrected chi connectivity index (χ2v) is 6.53. The maximum absolute atomic E-state index is 13.1. The monoisotopic (exact) mass is 390 g/mol. The van der Waals surface area contributed by atoms with E-state index in [1.807, 2.05) is 37.3 Å². The van der Waals surface area contributed by atoms with Gasteiger partial charge in [-0.2, -0.15) is 0 Å². The van der Waals surface area contributed by atoms with Gasteiger partial charge in [0, 0.05) is 11.3 Å². The minimum atomic E-state index is -0.611. The van der Waals surface area contributed by atoms with E-state index in [2.05, 4.69) is 10.3 Å². The molecule has 1 N–H and O–H groups in total. The fourth-order valence-electron chi connectivity index (χ4n) is 2.93. The van der Waals surface area contributed by atoms with Crippen molar-refractivity contribution in [2.75, 3.05) is 5.32 Å². The van der Waals surface area contributed by atoms with Crippen molar-refractivity contribution in [2.24, 2.45) is 0 Å². The van der Waals surface area contributed by atoms with Crippen molar-refractivity contribution in [1.82, 2.24) is 4.98 Å². The number of para-hydroxylation sites is 1. The third-order valence-corrected chi connectivity index (χ3v) is 4.43. The van der Waals surface area contributed by atoms with Crippen molar-refractivity contribution in [1.29, 1.82) is 0 Å². The number of rotatable bonds is 6. The first-order chi connectivity index (χ1) is 14.1. The minimum Gasteiger partial charge on any atom is -0.481 e. The van der Waals surface area contributed by atoms with E-state index in [1.54, 1.807) is 30.3 Å². The fourth-order valence-corrected chi connectivity index (χ4v) is 2.93. The Labute approximate surface area is 167 Å². The molecule has 0 unspecified atom stereocenters. The van der Waals surface area contributed by atoms with Gasteiger partial charge in [0.1, 0.15) is 17.1 Å². The lowest BCUT2D eigenvalue weighted by Crippen LogP contribution is -2.32. The van der Waals surface area contributed by atoms with Gasteiger partial charge in [0.15, 0.2) is 11.7 Å². The summed E-state index contributed by atoms with van der Waals surface area (Å²) >= 11 is 0. The number of carbonyl (C=O) groups excluding carboxylic acids is 1. The molecule has 146 valence electrons. The Morgan fingerprint density at radius 3 is 2.59 bits per heavy atom. The molecule has 1 aromatic heterocycles. The van der Waals surface area contributed by atoms with Gasteiger partial charge in [-0.05, 0) is 61.0 Å². The van der Waals surface area contributed by atoms with Crippen LogP contribution in [0.5, 0.6) is 5.75 Å². The van der Waals surface area contributed by atoms with Crippen LogP contribution in [0.3, 0.4) is 0 Å². The van der Waals surface area contributed by atoms with Gasteiger partial charge >= 0.3 is 0 Å². The number of benzene rings is 3. The summed E-state index contributed by atoms with van der Waals surface area (Å²) in [6.07, 6.45) is -0.0815. The van der Waals surface area contributed by atoms with Crippen molar-refractivity contribution in [3.05, 3.63) is 78.6 Å². The van der Waals surface area contributed by atoms with E-state index in [1.165, 1.54) is 12.1 Å². The fraction of sp³-hybridized carbons (Fsp3) is 0.130. The average Bonchev–Trinajstić information content (AvgIpc) is 3.16. The van der Waals surface area contributed by atoms with E-state index in [-0.39, 0.29) is 11.7 Å². The molecule has 0 fully saturated rings. The van der Waals surface area contributed by atoms with E-state index in [0.717, 1.165) is 0 Å². The lowest BCUT2D eigenvalue weighted by molar-refractivity contribution is -0.122. The van der Waals surface area contributed by atoms with E-state index < -0.39 is 6.10 Å². The van der Waals surface area contributed by atoms with Crippen LogP contribution in [0, 0.1) is 5.82 Å². The molecule has 0 saturated carbocycles. The predicted molar refractivity (Wildman–Crippen MR) is 109 cm³/mol. The van der Waals surface area contributed by atoms with E-state index in [9.17, 15) is 9.18 Å². The van der Waals surface area contributed by atoms with E-state index in [4.69, 9.17) is 9.15 Å². The Morgan fingerprint density at radius 2 is 1.86 bits per heavy atom. The molecule has 1 amide bonds. The molecular formula is C23H19FN2O3. The number of carbonyl (C=O) groups is 1. The lowest BCUT2D eigenvalue weighted by Gasteiger charge is -2.17. The third kappa shape index (κ3) is 4.27. The number of hydrogen-bond donors (Lipinski definition) is 1. The first-order valence-electron chi connectivity index (χ1n) is 9.31. The van der Waals surface area contributed by atoms with Gasteiger partial charge in [-0.3, -0.25) is 4.79 Å². The summed E-state index contributed by atoms with van der Waals surface area (Å²) in [6, 6.07) is 20.4. The average molecular weight is 390 g/mol. The van der Waals surface area contributed by atoms with Crippen LogP contribution < -0.4 is 10.1 Å². The summed E-state index contributed by atoms with van der Waals surface area (Å²) in [5, 5.41) is 2.87. The Hall–Kier alpha value is -3.67. The highest BCUT2D eigenvalue weighted by molar-refractivity contribution is 5.96. The van der Waals surface area contributed by atoms with Gasteiger partial charge in [-0.15, -0.1) is 0 Å². The van der Waals surface area contributed by atoms with Gasteiger partial charge in [0.25, 0.3) is 5.91 Å². The predicted octanol–water partition coefficient (Wildman–Crippen LogP) is 5.43. The molecule has 4 rings (SSSR count). The number of ether oxygens (including phenoxy) is 1. The molecule has 6 heteroatoms. The number of oxazole rings is 1. The van der Waals surface area contributed by atoms with Crippen LogP contribution in [-0.4, -0.2) is 17.0 Å². The molecule has 1 heterocycles. The number of fused-ring (bicyclic) bond motifs is 1. The van der Waals surface area contributed by atoms with Gasteiger partial charge in [0.05, 0.1) is 0 Å². The number of nitrogens with one attached hydrogen (secondary N) is 1. The SMILES string of the molecule is CC[C@@H](Oc1ccccc1)C(=O)Nc1ccc2oc(-c3ccc(F)cc3)nc2c1. The number of aromatic nitrogens is 1. The largest absolute Gasteiger partial charge is 0.481 e. The molecule has 0 radical (unpaired) electrons. The molecular weight excluding hydrogens is 371 g/mol. The standard InChI is InChI=1S/C23H19FN2O3/c1-2-20(28-18-6-4-3-5-7-18)22(27)25-17-12-13-21-19(14-17)26-23(29-21)15-8-10-16(24)11-9-15/h3-14,20H,2H2,1H3,(H,25,27)/t20-/m1/s1. The van der Waals surface area contributed by atoms with Crippen LogP contribution in [0.4, 0.5) is 10.1 Å². The summed E-state index contributed by atoms with van der Waals surface area (Å²) in [5.41, 5.74) is 2.45. The maximum atomic E-state index is 13.1. The molecule has 0 aliphatic heterocycles. The Balaban J connectivity index is 1.51. The zero-order valence-corrected chi connectivity index (χ0v) is 15.8. The molecule has 0 aliphatic rings. The first-order valence-corrected chi connectivity index (χ1v) is 9.31. The van der Waals surface area contributed by atoms with Crippen LogP contribution >= 0.6 is 0 Å². The van der Waals surface area contributed by atoms with Crippen LogP contribution in [0.25, 0.3) is 22.6 Å². The van der Waals surface area contributed by atoms with Crippen molar-refractivity contribution in [2.45, 2.75) is 19.4 Å². The smallest absolute Gasteiger partial charge is 0.265 e. The zero-order chi connectivity index (χ0) is 20.2. The number of amides is 1. The number of hydrogen-bond acceptors (Lipinski definition) is 4. The zero-order valence-electron chi connectivity index (χ0n) is 15.8. The summed E-state index contributed by atoms with van der Waals surface area (Å²) in [4.78, 5) is 17.1. The summed E-state index contributed by atoms with van der Waals surface area (Å²) in [5.74, 6) is 0.476. The Morgan fingerprint density at radius 1 is 1.10 bits per heavy atom. The van der Waals surface area contributed by atoms with Crippen LogP contribution in [-0.2, 0) is 4.79 Å². The normalized spacial score (nSPS) is 11.9. The highest BCUT2D eigenvalue weighted by atomic mass is 19.1. The van der Waals surface area contributed by atoms with Gasteiger partial charge in [0.2, 0.25) is 5.89 Å². The minimum absolute atomic E-state index is 0.238. The van der Waals surface area contributed by atoms with Gasteiger partial charge in [-0.1, -0.05) is 25.1 Å². The first kappa shape index (κ1) is 18.7. The topological polar surface area (TPSA) is 64.4 Å². The molecule has 5 nitrogen and oxygen atoms in total. The number of halogens is 1. The van der Waals surface area contributed by atoms with Crippen LogP contribution in [0.1, 0.15) is 13.3 Å². The summed E-state index contributed by atoms with van der Waals surface area (Å²) in [7, 11) is 0. The quantitative estimate of drug-likeness (QED) is 0.477. The third-order valence-electron chi connectivity index (χ3n) is 4.43. The highest BCUT2D eigenvalue weighted by Crippen LogP contribution is 2.26. The molecule has 0 spiro atoms. The second-order valence-electron chi connectivity index (χ2n) is 6.53. The summed E-state index contributed by atoms with van der Waals surface area (Å²) < 4.78 is 24.6. The van der Waals surface area contributed by atoms with Crippen molar-refractivity contribution in [3.8, 4) is 17.2 Å². The lowest BCUT2D eigenvalue weighted by atomic mass is 10.2. The number of nitrogens with zero attached hydrogens (tertiary/aromatic N) is 1. The Kier molecular flexibility index (Phi) is 5.24. The molecule has 0 aliphatic carbocycles. The van der Waals surface area contributed by atoms with Crippen LogP contribution in [0.2, 0.25) is 0 Å².